The summed E-state index contributed by atoms with van der Waals surface area (Å²) >= 11 is 0. The molecule has 6 nitrogen and oxygen atoms in total. The molecule has 0 radical (unpaired) electrons. The quantitative estimate of drug-likeness (QED) is 0.547. The van der Waals surface area contributed by atoms with Gasteiger partial charge in [0.05, 0.1) is 18.5 Å². The van der Waals surface area contributed by atoms with Crippen LogP contribution < -0.4 is 14.4 Å². The summed E-state index contributed by atoms with van der Waals surface area (Å²) in [6.45, 7) is 4.33. The molecule has 2 aromatic carbocycles. The minimum absolute atomic E-state index is 0.229. The zero-order valence-corrected chi connectivity index (χ0v) is 18.4. The summed E-state index contributed by atoms with van der Waals surface area (Å²) in [6, 6.07) is 11.9. The number of aryl methyl sites for hydroxylation is 1. The standard InChI is InChI=1S/C22H29FN2O4S/c1-4-6-17-7-13-20(14-8-17)29-16-15-24-22(26)21(5-2)25(30(3,27)28)19-11-9-18(23)10-12-19/h7-14,21H,4-6,15-16H2,1-3H3,(H,24,26)/t21-/m1/s1. The number of hydrogen-bond donors (Lipinski definition) is 1. The Hall–Kier alpha value is -2.61. The van der Waals surface area contributed by atoms with Crippen LogP contribution in [-0.2, 0) is 21.2 Å². The van der Waals surface area contributed by atoms with Gasteiger partial charge in [-0.05, 0) is 54.8 Å². The summed E-state index contributed by atoms with van der Waals surface area (Å²) in [6.07, 6.45) is 3.38. The van der Waals surface area contributed by atoms with Gasteiger partial charge in [0.15, 0.2) is 0 Å². The maximum atomic E-state index is 13.2. The van der Waals surface area contributed by atoms with E-state index in [2.05, 4.69) is 12.2 Å². The van der Waals surface area contributed by atoms with Crippen molar-refractivity contribution < 1.29 is 22.3 Å². The number of nitrogens with zero attached hydrogens (tertiary/aromatic N) is 1. The van der Waals surface area contributed by atoms with E-state index in [-0.39, 0.29) is 25.3 Å². The largest absolute Gasteiger partial charge is 0.492 e. The van der Waals surface area contributed by atoms with E-state index in [0.29, 0.717) is 5.75 Å². The lowest BCUT2D eigenvalue weighted by Gasteiger charge is -2.30. The van der Waals surface area contributed by atoms with Gasteiger partial charge in [0.2, 0.25) is 15.9 Å². The van der Waals surface area contributed by atoms with Gasteiger partial charge in [0.1, 0.15) is 24.2 Å². The van der Waals surface area contributed by atoms with E-state index in [0.717, 1.165) is 35.5 Å². The highest BCUT2D eigenvalue weighted by Gasteiger charge is 2.31. The van der Waals surface area contributed by atoms with E-state index in [1.165, 1.54) is 17.7 Å². The molecule has 0 aliphatic heterocycles. The maximum Gasteiger partial charge on any atom is 0.244 e. The third-order valence-corrected chi connectivity index (χ3v) is 5.72. The Morgan fingerprint density at radius 2 is 1.73 bits per heavy atom. The molecule has 1 amide bonds. The Morgan fingerprint density at radius 3 is 2.27 bits per heavy atom. The second-order valence-corrected chi connectivity index (χ2v) is 8.85. The van der Waals surface area contributed by atoms with E-state index >= 15 is 0 Å². The van der Waals surface area contributed by atoms with Gasteiger partial charge in [0.25, 0.3) is 0 Å². The van der Waals surface area contributed by atoms with Gasteiger partial charge in [-0.15, -0.1) is 0 Å². The highest BCUT2D eigenvalue weighted by atomic mass is 32.2. The highest BCUT2D eigenvalue weighted by Crippen LogP contribution is 2.22. The Morgan fingerprint density at radius 1 is 1.10 bits per heavy atom. The number of anilines is 1. The number of ether oxygens (including phenoxy) is 1. The maximum absolute atomic E-state index is 13.2. The molecule has 0 heterocycles. The molecule has 0 aromatic heterocycles. The lowest BCUT2D eigenvalue weighted by atomic mass is 10.1. The monoisotopic (exact) mass is 436 g/mol. The molecule has 0 spiro atoms. The zero-order chi connectivity index (χ0) is 22.1. The van der Waals surface area contributed by atoms with E-state index in [4.69, 9.17) is 4.74 Å². The molecule has 1 N–H and O–H groups in total. The van der Waals surface area contributed by atoms with Gasteiger partial charge in [-0.2, -0.15) is 0 Å². The average Bonchev–Trinajstić information content (AvgIpc) is 2.70. The topological polar surface area (TPSA) is 75.7 Å². The predicted molar refractivity (Wildman–Crippen MR) is 117 cm³/mol. The van der Waals surface area contributed by atoms with Crippen molar-refractivity contribution in [3.05, 3.63) is 59.9 Å². The van der Waals surface area contributed by atoms with Crippen molar-refractivity contribution in [2.75, 3.05) is 23.7 Å². The third-order valence-electron chi connectivity index (χ3n) is 4.54. The summed E-state index contributed by atoms with van der Waals surface area (Å²) in [5.74, 6) is -0.209. The zero-order valence-electron chi connectivity index (χ0n) is 17.6. The van der Waals surface area contributed by atoms with E-state index in [9.17, 15) is 17.6 Å². The first-order valence-electron chi connectivity index (χ1n) is 10.0. The van der Waals surface area contributed by atoms with Crippen LogP contribution in [0.2, 0.25) is 0 Å². The van der Waals surface area contributed by atoms with Gasteiger partial charge in [-0.3, -0.25) is 9.10 Å². The number of benzene rings is 2. The second-order valence-electron chi connectivity index (χ2n) is 6.99. The minimum atomic E-state index is -3.75. The van der Waals surface area contributed by atoms with Gasteiger partial charge in [0, 0.05) is 0 Å². The van der Waals surface area contributed by atoms with E-state index < -0.39 is 27.8 Å². The number of carbonyl (C=O) groups is 1. The van der Waals surface area contributed by atoms with Crippen molar-refractivity contribution in [3.63, 3.8) is 0 Å². The van der Waals surface area contributed by atoms with Crippen LogP contribution in [0.5, 0.6) is 5.75 Å². The molecular formula is C22H29FN2O4S. The second kappa shape index (κ2) is 11.0. The van der Waals surface area contributed by atoms with Crippen LogP contribution in [0.15, 0.2) is 48.5 Å². The summed E-state index contributed by atoms with van der Waals surface area (Å²) in [7, 11) is -3.75. The number of amides is 1. The number of carbonyl (C=O) groups excluding carboxylic acids is 1. The summed E-state index contributed by atoms with van der Waals surface area (Å²) in [5, 5.41) is 2.73. The molecule has 0 aliphatic carbocycles. The Kier molecular flexibility index (Phi) is 8.65. The fraction of sp³-hybridized carbons (Fsp3) is 0.409. The first-order valence-corrected chi connectivity index (χ1v) is 11.9. The van der Waals surface area contributed by atoms with Crippen molar-refractivity contribution in [2.24, 2.45) is 0 Å². The fourth-order valence-electron chi connectivity index (χ4n) is 3.15. The summed E-state index contributed by atoms with van der Waals surface area (Å²) in [4.78, 5) is 12.7. The van der Waals surface area contributed by atoms with E-state index in [1.54, 1.807) is 6.92 Å². The molecule has 30 heavy (non-hydrogen) atoms. The number of halogens is 1. The van der Waals surface area contributed by atoms with Crippen LogP contribution in [0.3, 0.4) is 0 Å². The normalized spacial score (nSPS) is 12.3. The molecule has 8 heteroatoms. The molecule has 2 rings (SSSR count). The van der Waals surface area contributed by atoms with Crippen LogP contribution in [0.25, 0.3) is 0 Å². The number of nitrogens with one attached hydrogen (secondary N) is 1. The average molecular weight is 437 g/mol. The Balaban J connectivity index is 1.97. The first kappa shape index (κ1) is 23.7. The van der Waals surface area contributed by atoms with Crippen LogP contribution in [0, 0.1) is 5.82 Å². The molecule has 1 atom stereocenters. The fourth-order valence-corrected chi connectivity index (χ4v) is 4.36. The van der Waals surface area contributed by atoms with Gasteiger partial charge in [-0.25, -0.2) is 12.8 Å². The van der Waals surface area contributed by atoms with Gasteiger partial charge < -0.3 is 10.1 Å². The molecule has 0 saturated heterocycles. The lowest BCUT2D eigenvalue weighted by Crippen LogP contribution is -2.50. The van der Waals surface area contributed by atoms with Crippen LogP contribution in [-0.4, -0.2) is 39.8 Å². The summed E-state index contributed by atoms with van der Waals surface area (Å²) in [5.41, 5.74) is 1.48. The number of rotatable bonds is 11. The molecule has 164 valence electrons. The first-order chi connectivity index (χ1) is 14.3. The summed E-state index contributed by atoms with van der Waals surface area (Å²) < 4.78 is 44.6. The SMILES string of the molecule is CCCc1ccc(OCCNC(=O)[C@@H](CC)N(c2ccc(F)cc2)S(C)(=O)=O)cc1. The van der Waals surface area contributed by atoms with Gasteiger partial charge >= 0.3 is 0 Å². The van der Waals surface area contributed by atoms with Crippen molar-refractivity contribution in [3.8, 4) is 5.75 Å². The smallest absolute Gasteiger partial charge is 0.244 e. The Bertz CT molecular complexity index is 915. The van der Waals surface area contributed by atoms with Crippen LogP contribution in [0.4, 0.5) is 10.1 Å². The van der Waals surface area contributed by atoms with Crippen molar-refractivity contribution in [2.45, 2.75) is 39.2 Å². The molecule has 0 aliphatic rings. The predicted octanol–water partition coefficient (Wildman–Crippen LogP) is 3.52. The van der Waals surface area contributed by atoms with Gasteiger partial charge in [-0.1, -0.05) is 32.4 Å². The Labute approximate surface area is 178 Å². The van der Waals surface area contributed by atoms with Crippen molar-refractivity contribution in [1.82, 2.24) is 5.32 Å². The van der Waals surface area contributed by atoms with Crippen molar-refractivity contribution in [1.29, 1.82) is 0 Å². The van der Waals surface area contributed by atoms with Crippen molar-refractivity contribution >= 4 is 21.6 Å². The molecule has 2 aromatic rings. The lowest BCUT2D eigenvalue weighted by molar-refractivity contribution is -0.122. The number of hydrogen-bond acceptors (Lipinski definition) is 4. The van der Waals surface area contributed by atoms with Crippen LogP contribution in [0.1, 0.15) is 32.3 Å². The minimum Gasteiger partial charge on any atom is -0.492 e. The van der Waals surface area contributed by atoms with E-state index in [1.807, 2.05) is 24.3 Å². The number of sulfonamides is 1. The molecule has 0 bridgehead atoms. The molecule has 0 saturated carbocycles. The molecular weight excluding hydrogens is 407 g/mol. The van der Waals surface area contributed by atoms with Crippen LogP contribution >= 0.6 is 0 Å². The molecule has 0 fully saturated rings. The third kappa shape index (κ3) is 6.73. The highest BCUT2D eigenvalue weighted by molar-refractivity contribution is 7.92. The molecule has 0 unspecified atom stereocenters.